The first kappa shape index (κ1) is 16.0. The number of nitrogens with zero attached hydrogens (tertiary/aromatic N) is 2. The topological polar surface area (TPSA) is 54.9 Å². The van der Waals surface area contributed by atoms with Gasteiger partial charge in [-0.2, -0.15) is 0 Å². The minimum Gasteiger partial charge on any atom is -0.340 e. The summed E-state index contributed by atoms with van der Waals surface area (Å²) in [6.45, 7) is 0. The van der Waals surface area contributed by atoms with Crippen molar-refractivity contribution in [2.75, 3.05) is 0 Å². The van der Waals surface area contributed by atoms with Crippen molar-refractivity contribution in [3.05, 3.63) is 108 Å². The number of nitrogens with one attached hydrogen (secondary N) is 1. The molecule has 2 aromatic heterocycles. The Labute approximate surface area is 151 Å². The van der Waals surface area contributed by atoms with Crippen LogP contribution in [0.5, 0.6) is 0 Å². The molecule has 126 valence electrons. The lowest BCUT2D eigenvalue weighted by Crippen LogP contribution is -2.30. The summed E-state index contributed by atoms with van der Waals surface area (Å²) in [4.78, 5) is 21.4. The summed E-state index contributed by atoms with van der Waals surface area (Å²) in [5.41, 5.74) is 3.19. The Morgan fingerprint density at radius 1 is 0.808 bits per heavy atom. The molecule has 0 radical (unpaired) electrons. The molecule has 4 heteroatoms. The molecule has 1 N–H and O–H groups in total. The number of rotatable bonds is 4. The molecule has 4 nitrogen and oxygen atoms in total. The summed E-state index contributed by atoms with van der Waals surface area (Å²) in [6, 6.07) is 25.0. The number of carbonyl (C=O) groups is 1. The largest absolute Gasteiger partial charge is 0.340 e. The zero-order valence-electron chi connectivity index (χ0n) is 14.0. The number of pyridine rings is 2. The summed E-state index contributed by atoms with van der Waals surface area (Å²) in [6.07, 6.45) is 3.41. The lowest BCUT2D eigenvalue weighted by Gasteiger charge is -2.19. The van der Waals surface area contributed by atoms with Crippen LogP contribution in [0, 0.1) is 0 Å². The molecule has 4 rings (SSSR count). The molecule has 4 aromatic rings. The number of fused-ring (bicyclic) bond motifs is 1. The highest BCUT2D eigenvalue weighted by Gasteiger charge is 2.18. The highest BCUT2D eigenvalue weighted by molar-refractivity contribution is 5.95. The molecule has 0 fully saturated rings. The molecule has 26 heavy (non-hydrogen) atoms. The second-order valence-corrected chi connectivity index (χ2v) is 5.99. The fraction of sp³-hybridized carbons (Fsp3) is 0.0455. The first-order chi connectivity index (χ1) is 12.8. The van der Waals surface area contributed by atoms with Crippen molar-refractivity contribution < 1.29 is 4.79 Å². The number of carbonyl (C=O) groups excluding carboxylic acids is 1. The van der Waals surface area contributed by atoms with Gasteiger partial charge < -0.3 is 5.32 Å². The van der Waals surface area contributed by atoms with Crippen molar-refractivity contribution in [2.24, 2.45) is 0 Å². The molecule has 0 aliphatic heterocycles. The van der Waals surface area contributed by atoms with Gasteiger partial charge in [-0.3, -0.25) is 9.78 Å². The van der Waals surface area contributed by atoms with Crippen LogP contribution >= 0.6 is 0 Å². The van der Waals surface area contributed by atoms with Crippen LogP contribution < -0.4 is 5.32 Å². The summed E-state index contributed by atoms with van der Waals surface area (Å²) < 4.78 is 0. The van der Waals surface area contributed by atoms with E-state index in [2.05, 4.69) is 15.3 Å². The second kappa shape index (κ2) is 7.15. The molecule has 0 aliphatic rings. The quantitative estimate of drug-likeness (QED) is 0.608. The highest BCUT2D eigenvalue weighted by atomic mass is 16.1. The van der Waals surface area contributed by atoms with E-state index in [0.717, 1.165) is 22.0 Å². The van der Waals surface area contributed by atoms with Gasteiger partial charge in [-0.25, -0.2) is 4.98 Å². The van der Waals surface area contributed by atoms with Gasteiger partial charge in [-0.1, -0.05) is 60.7 Å². The number of amides is 1. The van der Waals surface area contributed by atoms with E-state index in [0.29, 0.717) is 5.69 Å². The molecule has 0 saturated heterocycles. The lowest BCUT2D eigenvalue weighted by atomic mass is 9.98. The maximum Gasteiger partial charge on any atom is 0.270 e. The molecule has 2 heterocycles. The average molecular weight is 339 g/mol. The molecule has 1 amide bonds. The van der Waals surface area contributed by atoms with Crippen LogP contribution in [0.15, 0.2) is 91.3 Å². The standard InChI is InChI=1S/C22H17N3O/c26-22(20-12-11-18-15-23-14-13-19(18)24-20)25-21(16-7-3-1-4-8-16)17-9-5-2-6-10-17/h1-15,21H,(H,25,26). The average Bonchev–Trinajstić information content (AvgIpc) is 2.72. The van der Waals surface area contributed by atoms with E-state index in [1.54, 1.807) is 24.5 Å². The first-order valence-corrected chi connectivity index (χ1v) is 8.43. The molecule has 0 spiro atoms. The van der Waals surface area contributed by atoms with Gasteiger partial charge in [0.2, 0.25) is 0 Å². The Bertz CT molecular complexity index is 993. The first-order valence-electron chi connectivity index (χ1n) is 8.43. The molecule has 0 saturated carbocycles. The van der Waals surface area contributed by atoms with Crippen LogP contribution in [0.25, 0.3) is 10.9 Å². The van der Waals surface area contributed by atoms with Gasteiger partial charge in [-0.15, -0.1) is 0 Å². The van der Waals surface area contributed by atoms with Crippen molar-refractivity contribution in [2.45, 2.75) is 6.04 Å². The maximum absolute atomic E-state index is 12.9. The number of hydrogen-bond donors (Lipinski definition) is 1. The molecule has 2 aromatic carbocycles. The van der Waals surface area contributed by atoms with Crippen molar-refractivity contribution in [3.8, 4) is 0 Å². The van der Waals surface area contributed by atoms with Crippen molar-refractivity contribution in [1.29, 1.82) is 0 Å². The summed E-state index contributed by atoms with van der Waals surface area (Å²) in [5.74, 6) is -0.207. The Morgan fingerprint density at radius 3 is 2.12 bits per heavy atom. The Balaban J connectivity index is 1.67. The predicted molar refractivity (Wildman–Crippen MR) is 102 cm³/mol. The van der Waals surface area contributed by atoms with E-state index in [4.69, 9.17) is 0 Å². The van der Waals surface area contributed by atoms with Gasteiger partial charge in [-0.05, 0) is 29.3 Å². The van der Waals surface area contributed by atoms with E-state index in [1.807, 2.05) is 66.7 Å². The summed E-state index contributed by atoms with van der Waals surface area (Å²) in [7, 11) is 0. The van der Waals surface area contributed by atoms with E-state index >= 15 is 0 Å². The molecule has 0 bridgehead atoms. The normalized spacial score (nSPS) is 10.8. The molecular weight excluding hydrogens is 322 g/mol. The third-order valence-corrected chi connectivity index (χ3v) is 4.26. The van der Waals surface area contributed by atoms with Crippen LogP contribution in [0.2, 0.25) is 0 Å². The van der Waals surface area contributed by atoms with Gasteiger partial charge in [0.1, 0.15) is 5.69 Å². The fourth-order valence-electron chi connectivity index (χ4n) is 2.95. The Morgan fingerprint density at radius 2 is 1.46 bits per heavy atom. The van der Waals surface area contributed by atoms with Crippen molar-refractivity contribution in [1.82, 2.24) is 15.3 Å². The monoisotopic (exact) mass is 339 g/mol. The van der Waals surface area contributed by atoms with Crippen LogP contribution in [0.4, 0.5) is 0 Å². The Kier molecular flexibility index (Phi) is 4.39. The number of benzene rings is 2. The number of hydrogen-bond acceptors (Lipinski definition) is 3. The van der Waals surface area contributed by atoms with Crippen LogP contribution in [0.3, 0.4) is 0 Å². The fourth-order valence-corrected chi connectivity index (χ4v) is 2.95. The smallest absolute Gasteiger partial charge is 0.270 e. The van der Waals surface area contributed by atoms with Gasteiger partial charge in [0.05, 0.1) is 11.6 Å². The van der Waals surface area contributed by atoms with Crippen LogP contribution in [-0.4, -0.2) is 15.9 Å². The second-order valence-electron chi connectivity index (χ2n) is 5.99. The Hall–Kier alpha value is -3.53. The SMILES string of the molecule is O=C(NC(c1ccccc1)c1ccccc1)c1ccc2cnccc2n1. The summed E-state index contributed by atoms with van der Waals surface area (Å²) >= 11 is 0. The minimum absolute atomic E-state index is 0.207. The van der Waals surface area contributed by atoms with Gasteiger partial charge >= 0.3 is 0 Å². The van der Waals surface area contributed by atoms with E-state index in [9.17, 15) is 4.79 Å². The van der Waals surface area contributed by atoms with E-state index in [-0.39, 0.29) is 11.9 Å². The zero-order chi connectivity index (χ0) is 17.8. The van der Waals surface area contributed by atoms with Gasteiger partial charge in [0.15, 0.2) is 0 Å². The zero-order valence-corrected chi connectivity index (χ0v) is 14.0. The van der Waals surface area contributed by atoms with Gasteiger partial charge in [0.25, 0.3) is 5.91 Å². The van der Waals surface area contributed by atoms with Crippen LogP contribution in [0.1, 0.15) is 27.7 Å². The van der Waals surface area contributed by atoms with Crippen molar-refractivity contribution >= 4 is 16.8 Å². The van der Waals surface area contributed by atoms with E-state index < -0.39 is 0 Å². The maximum atomic E-state index is 12.9. The van der Waals surface area contributed by atoms with Crippen LogP contribution in [-0.2, 0) is 0 Å². The highest BCUT2D eigenvalue weighted by Crippen LogP contribution is 2.22. The van der Waals surface area contributed by atoms with E-state index in [1.165, 1.54) is 0 Å². The molecular formula is C22H17N3O. The number of aromatic nitrogens is 2. The predicted octanol–water partition coefficient (Wildman–Crippen LogP) is 4.15. The lowest BCUT2D eigenvalue weighted by molar-refractivity contribution is 0.0938. The van der Waals surface area contributed by atoms with Crippen molar-refractivity contribution in [3.63, 3.8) is 0 Å². The molecule has 0 aliphatic carbocycles. The molecule has 0 atom stereocenters. The third kappa shape index (κ3) is 3.30. The summed E-state index contributed by atoms with van der Waals surface area (Å²) in [5, 5.41) is 4.02. The molecule has 0 unspecified atom stereocenters. The van der Waals surface area contributed by atoms with Gasteiger partial charge in [0, 0.05) is 17.8 Å². The minimum atomic E-state index is -0.236. The third-order valence-electron chi connectivity index (χ3n) is 4.26.